The summed E-state index contributed by atoms with van der Waals surface area (Å²) in [7, 11) is 0. The van der Waals surface area contributed by atoms with Gasteiger partial charge in [0.2, 0.25) is 0 Å². The SMILES string of the molecule is CCOc1cc(/C=C2\SC(=S)N(CCCCCC(=O)O)C2=O)cc(Br)c1OC(C)C. The van der Waals surface area contributed by atoms with E-state index in [1.165, 1.54) is 11.8 Å². The number of benzene rings is 1. The lowest BCUT2D eigenvalue weighted by Gasteiger charge is -2.17. The van der Waals surface area contributed by atoms with Gasteiger partial charge in [0.1, 0.15) is 4.32 Å². The monoisotopic (exact) mass is 515 g/mol. The number of carbonyl (C=O) groups is 2. The summed E-state index contributed by atoms with van der Waals surface area (Å²) in [5.41, 5.74) is 0.809. The van der Waals surface area contributed by atoms with Crippen LogP contribution in [0.25, 0.3) is 6.08 Å². The molecule has 1 aromatic rings. The number of hydrogen-bond donors (Lipinski definition) is 1. The molecule has 0 unspecified atom stereocenters. The number of thiocarbonyl (C=S) groups is 1. The molecule has 6 nitrogen and oxygen atoms in total. The van der Waals surface area contributed by atoms with Gasteiger partial charge in [-0.3, -0.25) is 14.5 Å². The Morgan fingerprint density at radius 3 is 2.70 bits per heavy atom. The van der Waals surface area contributed by atoms with E-state index in [1.807, 2.05) is 32.9 Å². The minimum atomic E-state index is -0.800. The van der Waals surface area contributed by atoms with E-state index in [0.717, 1.165) is 16.5 Å². The highest BCUT2D eigenvalue weighted by Gasteiger charge is 2.31. The molecule has 0 atom stereocenters. The van der Waals surface area contributed by atoms with Crippen LogP contribution in [0.4, 0.5) is 0 Å². The molecule has 9 heteroatoms. The zero-order valence-corrected chi connectivity index (χ0v) is 20.5. The first-order valence-electron chi connectivity index (χ1n) is 9.83. The number of amides is 1. The average molecular weight is 516 g/mol. The van der Waals surface area contributed by atoms with Crippen LogP contribution in [0.1, 0.15) is 52.0 Å². The molecule has 1 fully saturated rings. The predicted octanol–water partition coefficient (Wildman–Crippen LogP) is 5.48. The lowest BCUT2D eigenvalue weighted by atomic mass is 10.1. The summed E-state index contributed by atoms with van der Waals surface area (Å²) >= 11 is 10.2. The van der Waals surface area contributed by atoms with Crippen LogP contribution in [-0.4, -0.2) is 45.5 Å². The molecule has 1 amide bonds. The molecule has 2 rings (SSSR count). The van der Waals surface area contributed by atoms with Gasteiger partial charge in [-0.1, -0.05) is 30.4 Å². The zero-order valence-electron chi connectivity index (χ0n) is 17.3. The summed E-state index contributed by atoms with van der Waals surface area (Å²) < 4.78 is 12.9. The molecule has 1 saturated heterocycles. The van der Waals surface area contributed by atoms with Crippen LogP contribution in [0.15, 0.2) is 21.5 Å². The van der Waals surface area contributed by atoms with Crippen LogP contribution in [0.5, 0.6) is 11.5 Å². The Morgan fingerprint density at radius 1 is 1.33 bits per heavy atom. The van der Waals surface area contributed by atoms with Crippen molar-refractivity contribution >= 4 is 62.2 Å². The van der Waals surface area contributed by atoms with Gasteiger partial charge in [-0.15, -0.1) is 0 Å². The molecular formula is C21H26BrNO5S2. The van der Waals surface area contributed by atoms with E-state index in [1.54, 1.807) is 11.0 Å². The Hall–Kier alpha value is -1.58. The number of nitrogens with zero attached hydrogens (tertiary/aromatic N) is 1. The number of hydrogen-bond acceptors (Lipinski definition) is 6. The van der Waals surface area contributed by atoms with Crippen molar-refractivity contribution in [3.05, 3.63) is 27.1 Å². The van der Waals surface area contributed by atoms with Gasteiger partial charge < -0.3 is 14.6 Å². The van der Waals surface area contributed by atoms with Gasteiger partial charge in [-0.25, -0.2) is 0 Å². The number of thioether (sulfide) groups is 1. The summed E-state index contributed by atoms with van der Waals surface area (Å²) in [4.78, 5) is 25.5. The average Bonchev–Trinajstić information content (AvgIpc) is 2.91. The molecule has 30 heavy (non-hydrogen) atoms. The fourth-order valence-electron chi connectivity index (χ4n) is 2.85. The van der Waals surface area contributed by atoms with E-state index in [2.05, 4.69) is 15.9 Å². The van der Waals surface area contributed by atoms with Crippen molar-refractivity contribution in [2.45, 2.75) is 52.6 Å². The molecule has 1 aliphatic rings. The topological polar surface area (TPSA) is 76.1 Å². The lowest BCUT2D eigenvalue weighted by molar-refractivity contribution is -0.137. The normalized spacial score (nSPS) is 15.4. The molecule has 1 heterocycles. The minimum absolute atomic E-state index is 0.00175. The van der Waals surface area contributed by atoms with Crippen LogP contribution in [-0.2, 0) is 9.59 Å². The van der Waals surface area contributed by atoms with E-state index in [0.29, 0.717) is 46.7 Å². The first-order valence-corrected chi connectivity index (χ1v) is 11.8. The second-order valence-electron chi connectivity index (χ2n) is 6.97. The fourth-order valence-corrected chi connectivity index (χ4v) is 4.71. The van der Waals surface area contributed by atoms with Crippen molar-refractivity contribution in [3.63, 3.8) is 0 Å². The van der Waals surface area contributed by atoms with Crippen LogP contribution >= 0.6 is 39.9 Å². The Balaban J connectivity index is 2.13. The number of unbranched alkanes of at least 4 members (excludes halogenated alkanes) is 2. The smallest absolute Gasteiger partial charge is 0.303 e. The number of carbonyl (C=O) groups excluding carboxylic acids is 1. The Kier molecular flexibility index (Phi) is 9.64. The van der Waals surface area contributed by atoms with Crippen molar-refractivity contribution in [2.75, 3.05) is 13.2 Å². The van der Waals surface area contributed by atoms with Gasteiger partial charge >= 0.3 is 5.97 Å². The number of halogens is 1. The Labute approximate surface area is 195 Å². The number of carboxylic acid groups (broad SMARTS) is 1. The van der Waals surface area contributed by atoms with Crippen molar-refractivity contribution in [2.24, 2.45) is 0 Å². The standard InChI is InChI=1S/C21H26BrNO5S2/c1-4-27-16-11-14(10-15(22)19(16)28-13(2)3)12-17-20(26)23(21(29)30-17)9-7-5-6-8-18(24)25/h10-13H,4-9H2,1-3H3,(H,24,25)/b17-12-. The fraction of sp³-hybridized carbons (Fsp3) is 0.476. The van der Waals surface area contributed by atoms with E-state index in [-0.39, 0.29) is 18.4 Å². The second-order valence-corrected chi connectivity index (χ2v) is 9.50. The van der Waals surface area contributed by atoms with Crippen LogP contribution in [0.2, 0.25) is 0 Å². The largest absolute Gasteiger partial charge is 0.490 e. The molecule has 0 saturated carbocycles. The summed E-state index contributed by atoms with van der Waals surface area (Å²) in [5.74, 6) is 0.324. The zero-order chi connectivity index (χ0) is 22.3. The van der Waals surface area contributed by atoms with Crippen LogP contribution in [0.3, 0.4) is 0 Å². The first kappa shape index (κ1) is 24.7. The molecule has 0 aromatic heterocycles. The van der Waals surface area contributed by atoms with Crippen molar-refractivity contribution < 1.29 is 24.2 Å². The van der Waals surface area contributed by atoms with Gasteiger partial charge in [0.05, 0.1) is 22.1 Å². The summed E-state index contributed by atoms with van der Waals surface area (Å²) in [6, 6.07) is 3.74. The molecule has 0 radical (unpaired) electrons. The highest BCUT2D eigenvalue weighted by atomic mass is 79.9. The van der Waals surface area contributed by atoms with E-state index < -0.39 is 5.97 Å². The summed E-state index contributed by atoms with van der Waals surface area (Å²) in [5, 5.41) is 8.70. The quantitative estimate of drug-likeness (QED) is 0.237. The Morgan fingerprint density at radius 2 is 2.07 bits per heavy atom. The highest BCUT2D eigenvalue weighted by Crippen LogP contribution is 2.40. The molecule has 0 aliphatic carbocycles. The number of aliphatic carboxylic acids is 1. The molecular weight excluding hydrogens is 490 g/mol. The maximum absolute atomic E-state index is 12.8. The van der Waals surface area contributed by atoms with E-state index in [9.17, 15) is 9.59 Å². The van der Waals surface area contributed by atoms with E-state index >= 15 is 0 Å². The third kappa shape index (κ3) is 6.99. The van der Waals surface area contributed by atoms with Gasteiger partial charge in [0.15, 0.2) is 11.5 Å². The third-order valence-electron chi connectivity index (χ3n) is 4.13. The molecule has 1 aliphatic heterocycles. The first-order chi connectivity index (χ1) is 14.2. The van der Waals surface area contributed by atoms with Crippen LogP contribution < -0.4 is 9.47 Å². The van der Waals surface area contributed by atoms with Gasteiger partial charge in [0.25, 0.3) is 5.91 Å². The van der Waals surface area contributed by atoms with Gasteiger partial charge in [0, 0.05) is 13.0 Å². The second kappa shape index (κ2) is 11.7. The van der Waals surface area contributed by atoms with Crippen molar-refractivity contribution in [3.8, 4) is 11.5 Å². The van der Waals surface area contributed by atoms with Crippen LogP contribution in [0, 0.1) is 0 Å². The summed E-state index contributed by atoms with van der Waals surface area (Å²) in [6.45, 7) is 6.79. The number of ether oxygens (including phenoxy) is 2. The molecule has 0 spiro atoms. The highest BCUT2D eigenvalue weighted by molar-refractivity contribution is 9.10. The molecule has 1 N–H and O–H groups in total. The van der Waals surface area contributed by atoms with Crippen molar-refractivity contribution in [1.82, 2.24) is 4.90 Å². The maximum Gasteiger partial charge on any atom is 0.303 e. The van der Waals surface area contributed by atoms with E-state index in [4.69, 9.17) is 26.8 Å². The van der Waals surface area contributed by atoms with Crippen molar-refractivity contribution in [1.29, 1.82) is 0 Å². The maximum atomic E-state index is 12.8. The third-order valence-corrected chi connectivity index (χ3v) is 6.10. The number of rotatable bonds is 11. The predicted molar refractivity (Wildman–Crippen MR) is 127 cm³/mol. The number of carboxylic acids is 1. The summed E-state index contributed by atoms with van der Waals surface area (Å²) in [6.07, 6.45) is 4.00. The Bertz CT molecular complexity index is 841. The molecule has 164 valence electrons. The lowest BCUT2D eigenvalue weighted by Crippen LogP contribution is -2.29. The minimum Gasteiger partial charge on any atom is -0.490 e. The van der Waals surface area contributed by atoms with Gasteiger partial charge in [-0.2, -0.15) is 0 Å². The molecule has 1 aromatic carbocycles. The molecule has 0 bridgehead atoms. The van der Waals surface area contributed by atoms with Gasteiger partial charge in [-0.05, 0) is 73.3 Å².